The highest BCUT2D eigenvalue weighted by Crippen LogP contribution is 2.11. The van der Waals surface area contributed by atoms with Gasteiger partial charge < -0.3 is 0 Å². The first-order valence-corrected chi connectivity index (χ1v) is 4.59. The number of hydrogen-bond donors (Lipinski definition) is 1. The van der Waals surface area contributed by atoms with Gasteiger partial charge in [-0.1, -0.05) is 29.8 Å². The molecule has 0 aromatic rings. The van der Waals surface area contributed by atoms with Gasteiger partial charge in [0.1, 0.15) is 0 Å². The van der Waals surface area contributed by atoms with E-state index in [4.69, 9.17) is 0 Å². The Balaban J connectivity index is 0.000000461. The summed E-state index contributed by atoms with van der Waals surface area (Å²) in [5.74, 6) is -0.387. The van der Waals surface area contributed by atoms with E-state index >= 15 is 0 Å². The van der Waals surface area contributed by atoms with E-state index in [1.807, 2.05) is 13.8 Å². The summed E-state index contributed by atoms with van der Waals surface area (Å²) in [4.78, 5) is 20.9. The maximum Gasteiger partial charge on any atom is 0.240 e. The molecular formula is C7H12BrNO2. The van der Waals surface area contributed by atoms with Crippen molar-refractivity contribution in [1.82, 2.24) is 5.32 Å². The first kappa shape index (κ1) is 10.6. The normalized spacial score (nSPS) is 23.4. The van der Waals surface area contributed by atoms with Crippen molar-refractivity contribution in [2.24, 2.45) is 0 Å². The topological polar surface area (TPSA) is 46.2 Å². The molecule has 11 heavy (non-hydrogen) atoms. The summed E-state index contributed by atoms with van der Waals surface area (Å²) in [5.41, 5.74) is 0. The number of nitrogens with one attached hydrogen (secondary N) is 1. The van der Waals surface area contributed by atoms with Gasteiger partial charge in [0.25, 0.3) is 0 Å². The summed E-state index contributed by atoms with van der Waals surface area (Å²) in [6, 6.07) is 0. The van der Waals surface area contributed by atoms with Crippen LogP contribution in [0, 0.1) is 0 Å². The second kappa shape index (κ2) is 5.29. The predicted octanol–water partition coefficient (Wildman–Crippen LogP) is 1.21. The standard InChI is InChI=1S/C5H6BrNO2.C2H6/c6-3-1-2-4(8)7-5(3)9;1-2/h3H,1-2H2,(H,7,8,9);1-2H3. The Bertz CT molecular complexity index is 159. The van der Waals surface area contributed by atoms with Crippen LogP contribution in [0.4, 0.5) is 0 Å². The lowest BCUT2D eigenvalue weighted by molar-refractivity contribution is -0.132. The van der Waals surface area contributed by atoms with Crippen molar-refractivity contribution in [1.29, 1.82) is 0 Å². The zero-order valence-corrected chi connectivity index (χ0v) is 8.27. The molecular weight excluding hydrogens is 210 g/mol. The number of piperidine rings is 1. The molecule has 1 saturated heterocycles. The van der Waals surface area contributed by atoms with Gasteiger partial charge >= 0.3 is 0 Å². The van der Waals surface area contributed by atoms with Crippen molar-refractivity contribution in [3.63, 3.8) is 0 Å². The fraction of sp³-hybridized carbons (Fsp3) is 0.714. The van der Waals surface area contributed by atoms with E-state index in [0.29, 0.717) is 12.8 Å². The third kappa shape index (κ3) is 3.51. The summed E-state index contributed by atoms with van der Waals surface area (Å²) >= 11 is 3.12. The molecule has 3 nitrogen and oxygen atoms in total. The van der Waals surface area contributed by atoms with Gasteiger partial charge in [-0.25, -0.2) is 0 Å². The van der Waals surface area contributed by atoms with Crippen LogP contribution in [0.5, 0.6) is 0 Å². The second-order valence-corrected chi connectivity index (χ2v) is 3.02. The van der Waals surface area contributed by atoms with Crippen LogP contribution in [0.2, 0.25) is 0 Å². The highest BCUT2D eigenvalue weighted by Gasteiger charge is 2.23. The van der Waals surface area contributed by atoms with E-state index in [1.54, 1.807) is 0 Å². The Morgan fingerprint density at radius 3 is 2.36 bits per heavy atom. The molecule has 2 amide bonds. The highest BCUT2D eigenvalue weighted by atomic mass is 79.9. The lowest BCUT2D eigenvalue weighted by Crippen LogP contribution is -2.41. The monoisotopic (exact) mass is 221 g/mol. The molecule has 0 radical (unpaired) electrons. The van der Waals surface area contributed by atoms with Crippen molar-refractivity contribution in [3.8, 4) is 0 Å². The Kier molecular flexibility index (Phi) is 5.11. The van der Waals surface area contributed by atoms with Gasteiger partial charge in [-0.05, 0) is 6.42 Å². The Morgan fingerprint density at radius 2 is 2.00 bits per heavy atom. The largest absolute Gasteiger partial charge is 0.295 e. The van der Waals surface area contributed by atoms with Crippen LogP contribution < -0.4 is 5.32 Å². The second-order valence-electron chi connectivity index (χ2n) is 1.92. The van der Waals surface area contributed by atoms with Gasteiger partial charge in [0.15, 0.2) is 0 Å². The Morgan fingerprint density at radius 1 is 1.45 bits per heavy atom. The maximum absolute atomic E-state index is 10.6. The van der Waals surface area contributed by atoms with Gasteiger partial charge in [-0.15, -0.1) is 0 Å². The summed E-state index contributed by atoms with van der Waals surface area (Å²) in [6.45, 7) is 4.00. The van der Waals surface area contributed by atoms with Crippen LogP contribution in [-0.4, -0.2) is 16.6 Å². The van der Waals surface area contributed by atoms with Crippen LogP contribution in [0.1, 0.15) is 26.7 Å². The van der Waals surface area contributed by atoms with E-state index < -0.39 is 0 Å². The molecule has 0 spiro atoms. The fourth-order valence-electron chi connectivity index (χ4n) is 0.667. The molecule has 1 fully saturated rings. The number of amides is 2. The fourth-order valence-corrected chi connectivity index (χ4v) is 1.01. The third-order valence-corrected chi connectivity index (χ3v) is 2.05. The predicted molar refractivity (Wildman–Crippen MR) is 46.4 cm³/mol. The average molecular weight is 222 g/mol. The molecule has 1 atom stereocenters. The van der Waals surface area contributed by atoms with E-state index in [-0.39, 0.29) is 16.6 Å². The Hall–Kier alpha value is -0.380. The molecule has 0 saturated carbocycles. The number of carbonyl (C=O) groups excluding carboxylic acids is 2. The zero-order valence-electron chi connectivity index (χ0n) is 6.69. The van der Waals surface area contributed by atoms with Crippen molar-refractivity contribution in [2.45, 2.75) is 31.5 Å². The molecule has 1 heterocycles. The smallest absolute Gasteiger partial charge is 0.240 e. The summed E-state index contributed by atoms with van der Waals surface area (Å²) in [5, 5.41) is 2.20. The van der Waals surface area contributed by atoms with E-state index in [1.165, 1.54) is 0 Å². The minimum atomic E-state index is -0.216. The minimum Gasteiger partial charge on any atom is -0.295 e. The van der Waals surface area contributed by atoms with Crippen LogP contribution >= 0.6 is 15.9 Å². The molecule has 0 bridgehead atoms. The lowest BCUT2D eigenvalue weighted by Gasteiger charge is -2.14. The molecule has 0 aromatic heterocycles. The van der Waals surface area contributed by atoms with Crippen molar-refractivity contribution < 1.29 is 9.59 Å². The summed E-state index contributed by atoms with van der Waals surface area (Å²) in [7, 11) is 0. The lowest BCUT2D eigenvalue weighted by atomic mass is 10.1. The number of imide groups is 1. The van der Waals surface area contributed by atoms with Crippen LogP contribution in [-0.2, 0) is 9.59 Å². The molecule has 4 heteroatoms. The van der Waals surface area contributed by atoms with E-state index in [0.717, 1.165) is 0 Å². The number of hydrogen-bond acceptors (Lipinski definition) is 2. The van der Waals surface area contributed by atoms with Gasteiger partial charge in [0.2, 0.25) is 11.8 Å². The van der Waals surface area contributed by atoms with Crippen LogP contribution in [0.15, 0.2) is 0 Å². The highest BCUT2D eigenvalue weighted by molar-refractivity contribution is 9.10. The summed E-state index contributed by atoms with van der Waals surface area (Å²) in [6.07, 6.45) is 1.06. The number of alkyl halides is 1. The molecule has 1 aliphatic heterocycles. The molecule has 1 unspecified atom stereocenters. The summed E-state index contributed by atoms with van der Waals surface area (Å²) < 4.78 is 0. The SMILES string of the molecule is CC.O=C1CCC(Br)C(=O)N1. The average Bonchev–Trinajstić information content (AvgIpc) is 2.02. The first-order valence-electron chi connectivity index (χ1n) is 3.68. The molecule has 64 valence electrons. The van der Waals surface area contributed by atoms with Gasteiger partial charge in [0.05, 0.1) is 4.83 Å². The van der Waals surface area contributed by atoms with Crippen LogP contribution in [0.3, 0.4) is 0 Å². The third-order valence-electron chi connectivity index (χ3n) is 1.17. The van der Waals surface area contributed by atoms with Gasteiger partial charge in [-0.2, -0.15) is 0 Å². The zero-order chi connectivity index (χ0) is 8.85. The number of halogens is 1. The van der Waals surface area contributed by atoms with Gasteiger partial charge in [0, 0.05) is 6.42 Å². The maximum atomic E-state index is 10.6. The van der Waals surface area contributed by atoms with Crippen molar-refractivity contribution in [3.05, 3.63) is 0 Å². The first-order chi connectivity index (χ1) is 5.20. The number of carbonyl (C=O) groups is 2. The molecule has 1 rings (SSSR count). The van der Waals surface area contributed by atoms with Crippen LogP contribution in [0.25, 0.3) is 0 Å². The quantitative estimate of drug-likeness (QED) is 0.494. The van der Waals surface area contributed by atoms with E-state index in [9.17, 15) is 9.59 Å². The van der Waals surface area contributed by atoms with Crippen molar-refractivity contribution in [2.75, 3.05) is 0 Å². The molecule has 0 aliphatic carbocycles. The number of rotatable bonds is 0. The Labute approximate surface area is 74.7 Å². The van der Waals surface area contributed by atoms with Gasteiger partial charge in [-0.3, -0.25) is 14.9 Å². The van der Waals surface area contributed by atoms with E-state index in [2.05, 4.69) is 21.2 Å². The molecule has 1 N–H and O–H groups in total. The van der Waals surface area contributed by atoms with Crippen molar-refractivity contribution >= 4 is 27.7 Å². The minimum absolute atomic E-state index is 0.171. The molecule has 1 aliphatic rings. The molecule has 0 aromatic carbocycles.